The van der Waals surface area contributed by atoms with E-state index in [4.69, 9.17) is 10.5 Å². The van der Waals surface area contributed by atoms with Crippen molar-refractivity contribution in [2.45, 2.75) is 18.4 Å². The van der Waals surface area contributed by atoms with Crippen LogP contribution in [-0.4, -0.2) is 35.7 Å². The molecule has 7 heteroatoms. The summed E-state index contributed by atoms with van der Waals surface area (Å²) in [5.41, 5.74) is 3.74. The van der Waals surface area contributed by atoms with Crippen molar-refractivity contribution in [2.24, 2.45) is 0 Å². The molecular formula is C13H15FN2O4. The molecule has 1 aliphatic heterocycles. The average Bonchev–Trinajstić information content (AvgIpc) is 2.42. The summed E-state index contributed by atoms with van der Waals surface area (Å²) in [6.07, 6.45) is 0.312. The summed E-state index contributed by atoms with van der Waals surface area (Å²) in [6.45, 7) is 0.483. The molecule has 2 rings (SSSR count). The molecule has 0 bridgehead atoms. The second-order valence-electron chi connectivity index (χ2n) is 4.65. The van der Waals surface area contributed by atoms with Gasteiger partial charge in [-0.25, -0.2) is 9.18 Å². The Labute approximate surface area is 114 Å². The topological polar surface area (TPSA) is 102 Å². The first-order chi connectivity index (χ1) is 9.46. The molecule has 1 amide bonds. The van der Waals surface area contributed by atoms with Crippen molar-refractivity contribution >= 4 is 17.6 Å². The predicted octanol–water partition coefficient (Wildman–Crippen LogP) is 0.771. The maximum absolute atomic E-state index is 13.3. The number of carboxylic acids is 1. The zero-order valence-corrected chi connectivity index (χ0v) is 10.7. The summed E-state index contributed by atoms with van der Waals surface area (Å²) < 4.78 is 18.4. The summed E-state index contributed by atoms with van der Waals surface area (Å²) >= 11 is 0. The minimum Gasteiger partial charge on any atom is -0.480 e. The summed E-state index contributed by atoms with van der Waals surface area (Å²) in [6, 6.07) is 3.83. The Hall–Kier alpha value is -2.15. The number of amides is 1. The molecule has 1 saturated heterocycles. The van der Waals surface area contributed by atoms with E-state index in [-0.39, 0.29) is 37.3 Å². The number of nitrogens with two attached hydrogens (primary N) is 1. The van der Waals surface area contributed by atoms with Crippen LogP contribution in [0.5, 0.6) is 0 Å². The summed E-state index contributed by atoms with van der Waals surface area (Å²) in [4.78, 5) is 23.6. The van der Waals surface area contributed by atoms with Gasteiger partial charge in [-0.3, -0.25) is 4.79 Å². The molecule has 0 aliphatic carbocycles. The summed E-state index contributed by atoms with van der Waals surface area (Å²) in [5.74, 6) is -2.55. The number of ether oxygens (including phenoxy) is 1. The number of hydrogen-bond acceptors (Lipinski definition) is 4. The molecule has 1 heterocycles. The number of nitrogens with one attached hydrogen (secondary N) is 1. The van der Waals surface area contributed by atoms with Gasteiger partial charge in [0.2, 0.25) is 0 Å². The number of anilines is 1. The van der Waals surface area contributed by atoms with Crippen LogP contribution >= 0.6 is 0 Å². The lowest BCUT2D eigenvalue weighted by Gasteiger charge is -2.34. The fraction of sp³-hybridized carbons (Fsp3) is 0.385. The van der Waals surface area contributed by atoms with Gasteiger partial charge < -0.3 is 20.9 Å². The standard InChI is InChI=1S/C13H15FN2O4/c14-9-3-1-2-8(10(9)15)11(17)16-13(12(18)19)4-6-20-7-5-13/h1-3H,4-7,15H2,(H,16,17)(H,18,19). The van der Waals surface area contributed by atoms with E-state index in [1.165, 1.54) is 12.1 Å². The van der Waals surface area contributed by atoms with Crippen LogP contribution < -0.4 is 11.1 Å². The number of carbonyl (C=O) groups is 2. The van der Waals surface area contributed by atoms with Crippen LogP contribution in [0.3, 0.4) is 0 Å². The van der Waals surface area contributed by atoms with E-state index in [1.807, 2.05) is 0 Å². The molecule has 20 heavy (non-hydrogen) atoms. The minimum absolute atomic E-state index is 0.0721. The van der Waals surface area contributed by atoms with Gasteiger partial charge in [-0.2, -0.15) is 0 Å². The molecular weight excluding hydrogens is 267 g/mol. The van der Waals surface area contributed by atoms with Gasteiger partial charge >= 0.3 is 5.97 Å². The van der Waals surface area contributed by atoms with Crippen LogP contribution in [0.2, 0.25) is 0 Å². The van der Waals surface area contributed by atoms with E-state index in [0.29, 0.717) is 0 Å². The number of hydrogen-bond donors (Lipinski definition) is 3. The molecule has 6 nitrogen and oxygen atoms in total. The third-order valence-corrected chi connectivity index (χ3v) is 3.41. The fourth-order valence-electron chi connectivity index (χ4n) is 2.13. The van der Waals surface area contributed by atoms with Crippen molar-refractivity contribution in [2.75, 3.05) is 18.9 Å². The number of carboxylic acid groups (broad SMARTS) is 1. The Bertz CT molecular complexity index is 541. The maximum atomic E-state index is 13.3. The van der Waals surface area contributed by atoms with Gasteiger partial charge in [0.15, 0.2) is 0 Å². The van der Waals surface area contributed by atoms with E-state index in [2.05, 4.69) is 5.32 Å². The molecule has 0 unspecified atom stereocenters. The highest BCUT2D eigenvalue weighted by molar-refractivity contribution is 6.01. The molecule has 4 N–H and O–H groups in total. The molecule has 0 aromatic heterocycles. The molecule has 1 fully saturated rings. The van der Waals surface area contributed by atoms with Gasteiger partial charge in [0.05, 0.1) is 11.3 Å². The van der Waals surface area contributed by atoms with Crippen LogP contribution in [0.15, 0.2) is 18.2 Å². The molecule has 0 spiro atoms. The number of carbonyl (C=O) groups excluding carboxylic acids is 1. The first kappa shape index (κ1) is 14.3. The van der Waals surface area contributed by atoms with Gasteiger partial charge in [0, 0.05) is 26.1 Å². The van der Waals surface area contributed by atoms with E-state index in [0.717, 1.165) is 6.07 Å². The fourth-order valence-corrected chi connectivity index (χ4v) is 2.13. The third-order valence-electron chi connectivity index (χ3n) is 3.41. The largest absolute Gasteiger partial charge is 0.480 e. The van der Waals surface area contributed by atoms with E-state index in [9.17, 15) is 19.1 Å². The Kier molecular flexibility index (Phi) is 3.89. The smallest absolute Gasteiger partial charge is 0.329 e. The van der Waals surface area contributed by atoms with Crippen molar-refractivity contribution in [1.82, 2.24) is 5.32 Å². The second-order valence-corrected chi connectivity index (χ2v) is 4.65. The molecule has 108 valence electrons. The van der Waals surface area contributed by atoms with Gasteiger partial charge in [-0.05, 0) is 12.1 Å². The first-order valence-electron chi connectivity index (χ1n) is 6.14. The van der Waals surface area contributed by atoms with Gasteiger partial charge in [-0.15, -0.1) is 0 Å². The number of halogens is 1. The zero-order valence-electron chi connectivity index (χ0n) is 10.7. The van der Waals surface area contributed by atoms with Crippen molar-refractivity contribution < 1.29 is 23.8 Å². The monoisotopic (exact) mass is 282 g/mol. The van der Waals surface area contributed by atoms with E-state index in [1.54, 1.807) is 0 Å². The first-order valence-corrected chi connectivity index (χ1v) is 6.14. The van der Waals surface area contributed by atoms with Crippen molar-refractivity contribution in [3.63, 3.8) is 0 Å². The highest BCUT2D eigenvalue weighted by Crippen LogP contribution is 2.23. The van der Waals surface area contributed by atoms with Crippen molar-refractivity contribution in [3.8, 4) is 0 Å². The number of nitrogen functional groups attached to an aromatic ring is 1. The SMILES string of the molecule is Nc1c(F)cccc1C(=O)NC1(C(=O)O)CCOCC1. The maximum Gasteiger partial charge on any atom is 0.329 e. The van der Waals surface area contributed by atoms with Gasteiger partial charge in [-0.1, -0.05) is 6.07 Å². The lowest BCUT2D eigenvalue weighted by molar-refractivity contribution is -0.148. The lowest BCUT2D eigenvalue weighted by Crippen LogP contribution is -2.57. The Morgan fingerprint density at radius 2 is 2.00 bits per heavy atom. The molecule has 1 aromatic carbocycles. The van der Waals surface area contributed by atoms with Gasteiger partial charge in [0.1, 0.15) is 11.4 Å². The quantitative estimate of drug-likeness (QED) is 0.711. The molecule has 1 aliphatic rings. The van der Waals surface area contributed by atoms with Crippen LogP contribution in [0.4, 0.5) is 10.1 Å². The molecule has 0 radical (unpaired) electrons. The summed E-state index contributed by atoms with van der Waals surface area (Å²) in [7, 11) is 0. The molecule has 1 aromatic rings. The Balaban J connectivity index is 2.25. The van der Waals surface area contributed by atoms with E-state index >= 15 is 0 Å². The van der Waals surface area contributed by atoms with Crippen LogP contribution in [-0.2, 0) is 9.53 Å². The van der Waals surface area contributed by atoms with Gasteiger partial charge in [0.25, 0.3) is 5.91 Å². The average molecular weight is 282 g/mol. The minimum atomic E-state index is -1.39. The summed E-state index contributed by atoms with van der Waals surface area (Å²) in [5, 5.41) is 11.8. The highest BCUT2D eigenvalue weighted by Gasteiger charge is 2.42. The molecule has 0 atom stereocenters. The second kappa shape index (κ2) is 5.46. The Morgan fingerprint density at radius 3 is 2.60 bits per heavy atom. The van der Waals surface area contributed by atoms with Crippen LogP contribution in [0.1, 0.15) is 23.2 Å². The number of para-hydroxylation sites is 1. The van der Waals surface area contributed by atoms with Crippen LogP contribution in [0.25, 0.3) is 0 Å². The lowest BCUT2D eigenvalue weighted by atomic mass is 9.89. The highest BCUT2D eigenvalue weighted by atomic mass is 19.1. The number of aliphatic carboxylic acids is 1. The normalized spacial score (nSPS) is 17.4. The Morgan fingerprint density at radius 1 is 1.35 bits per heavy atom. The van der Waals surface area contributed by atoms with Crippen molar-refractivity contribution in [1.29, 1.82) is 0 Å². The zero-order chi connectivity index (χ0) is 14.8. The van der Waals surface area contributed by atoms with Crippen LogP contribution in [0, 0.1) is 5.82 Å². The third kappa shape index (κ3) is 2.57. The molecule has 0 saturated carbocycles. The number of benzene rings is 1. The van der Waals surface area contributed by atoms with Crippen molar-refractivity contribution in [3.05, 3.63) is 29.6 Å². The number of rotatable bonds is 3. The predicted molar refractivity (Wildman–Crippen MR) is 68.7 cm³/mol. The van der Waals surface area contributed by atoms with E-state index < -0.39 is 23.2 Å².